The number of carbonyl (C=O) groups excluding carboxylic acids is 1. The van der Waals surface area contributed by atoms with Crippen LogP contribution in [0.4, 0.5) is 0 Å². The zero-order chi connectivity index (χ0) is 12.3. The van der Waals surface area contributed by atoms with Crippen LogP contribution in [-0.2, 0) is 15.1 Å². The zero-order valence-electron chi connectivity index (χ0n) is 10.2. The lowest BCUT2D eigenvalue weighted by Gasteiger charge is -2.30. The summed E-state index contributed by atoms with van der Waals surface area (Å²) in [4.78, 5) is 11.7. The smallest absolute Gasteiger partial charge is 0.254 e. The molecule has 1 unspecified atom stereocenters. The molecule has 0 radical (unpaired) electrons. The van der Waals surface area contributed by atoms with Gasteiger partial charge in [-0.05, 0) is 25.3 Å². The van der Waals surface area contributed by atoms with Crippen LogP contribution in [0.3, 0.4) is 0 Å². The van der Waals surface area contributed by atoms with Crippen molar-refractivity contribution in [2.75, 3.05) is 0 Å². The van der Waals surface area contributed by atoms with Crippen LogP contribution in [0.2, 0.25) is 0 Å². The molecule has 0 saturated heterocycles. The second-order valence-electron chi connectivity index (χ2n) is 4.79. The highest BCUT2D eigenvalue weighted by atomic mass is 16.5. The molecular formula is C14H19NO2. The summed E-state index contributed by atoms with van der Waals surface area (Å²) in [5.74, 6) is -0.421. The first-order valence-corrected chi connectivity index (χ1v) is 6.16. The van der Waals surface area contributed by atoms with E-state index >= 15 is 0 Å². The van der Waals surface area contributed by atoms with E-state index in [2.05, 4.69) is 0 Å². The fourth-order valence-electron chi connectivity index (χ4n) is 2.36. The van der Waals surface area contributed by atoms with Crippen molar-refractivity contribution in [2.45, 2.75) is 44.3 Å². The van der Waals surface area contributed by atoms with Gasteiger partial charge in [-0.25, -0.2) is 0 Å². The summed E-state index contributed by atoms with van der Waals surface area (Å²) in [6.07, 6.45) is 4.56. The number of amides is 1. The molecule has 1 saturated carbocycles. The molecule has 1 amide bonds. The van der Waals surface area contributed by atoms with E-state index in [0.29, 0.717) is 0 Å². The third kappa shape index (κ3) is 2.50. The maximum atomic E-state index is 11.7. The van der Waals surface area contributed by atoms with Gasteiger partial charge in [-0.1, -0.05) is 43.2 Å². The standard InChI is InChI=1S/C14H19NO2/c1-14(13(15)16,11-7-3-2-4-8-11)17-12-9-5-6-10-12/h2-4,7-8,12H,5-6,9-10H2,1H3,(H2,15,16). The van der Waals surface area contributed by atoms with Gasteiger partial charge in [0.05, 0.1) is 6.10 Å². The van der Waals surface area contributed by atoms with Crippen LogP contribution in [0.1, 0.15) is 38.2 Å². The molecule has 17 heavy (non-hydrogen) atoms. The second-order valence-corrected chi connectivity index (χ2v) is 4.79. The Bertz CT molecular complexity index is 384. The van der Waals surface area contributed by atoms with E-state index in [4.69, 9.17) is 10.5 Å². The van der Waals surface area contributed by atoms with Gasteiger partial charge in [0.15, 0.2) is 5.60 Å². The topological polar surface area (TPSA) is 52.3 Å². The number of benzene rings is 1. The summed E-state index contributed by atoms with van der Waals surface area (Å²) >= 11 is 0. The molecule has 1 aliphatic rings. The molecule has 1 aromatic rings. The van der Waals surface area contributed by atoms with E-state index in [1.807, 2.05) is 30.3 Å². The average molecular weight is 233 g/mol. The molecule has 1 aliphatic carbocycles. The van der Waals surface area contributed by atoms with Gasteiger partial charge in [0.2, 0.25) is 0 Å². The zero-order valence-corrected chi connectivity index (χ0v) is 10.2. The van der Waals surface area contributed by atoms with E-state index in [-0.39, 0.29) is 6.10 Å². The fourth-order valence-corrected chi connectivity index (χ4v) is 2.36. The molecule has 0 heterocycles. The first-order valence-electron chi connectivity index (χ1n) is 6.16. The van der Waals surface area contributed by atoms with Gasteiger partial charge in [0.25, 0.3) is 5.91 Å². The highest BCUT2D eigenvalue weighted by Gasteiger charge is 2.37. The van der Waals surface area contributed by atoms with E-state index in [9.17, 15) is 4.79 Å². The van der Waals surface area contributed by atoms with Crippen LogP contribution in [-0.4, -0.2) is 12.0 Å². The number of carbonyl (C=O) groups is 1. The quantitative estimate of drug-likeness (QED) is 0.867. The number of ether oxygens (including phenoxy) is 1. The van der Waals surface area contributed by atoms with Crippen LogP contribution >= 0.6 is 0 Å². The van der Waals surface area contributed by atoms with Gasteiger partial charge in [-0.15, -0.1) is 0 Å². The minimum Gasteiger partial charge on any atom is -0.367 e. The predicted octanol–water partition coefficient (Wildman–Crippen LogP) is 2.35. The van der Waals surface area contributed by atoms with Gasteiger partial charge in [0, 0.05) is 0 Å². The highest BCUT2D eigenvalue weighted by molar-refractivity contribution is 5.84. The van der Waals surface area contributed by atoms with Gasteiger partial charge in [-0.2, -0.15) is 0 Å². The molecule has 2 rings (SSSR count). The van der Waals surface area contributed by atoms with Crippen molar-refractivity contribution >= 4 is 5.91 Å². The SMILES string of the molecule is CC(OC1CCCC1)(C(N)=O)c1ccccc1. The first-order chi connectivity index (χ1) is 8.13. The lowest BCUT2D eigenvalue weighted by molar-refractivity contribution is -0.150. The lowest BCUT2D eigenvalue weighted by atomic mass is 9.94. The second kappa shape index (κ2) is 4.88. The Morgan fingerprint density at radius 2 is 1.88 bits per heavy atom. The largest absolute Gasteiger partial charge is 0.367 e. The van der Waals surface area contributed by atoms with E-state index in [1.165, 1.54) is 12.8 Å². The van der Waals surface area contributed by atoms with Crippen LogP contribution in [0.15, 0.2) is 30.3 Å². The summed E-state index contributed by atoms with van der Waals surface area (Å²) < 4.78 is 5.97. The van der Waals surface area contributed by atoms with Crippen LogP contribution in [0.25, 0.3) is 0 Å². The van der Waals surface area contributed by atoms with Gasteiger partial charge in [-0.3, -0.25) is 4.79 Å². The number of rotatable bonds is 4. The number of hydrogen-bond donors (Lipinski definition) is 1. The Morgan fingerprint density at radius 1 is 1.29 bits per heavy atom. The van der Waals surface area contributed by atoms with E-state index in [1.54, 1.807) is 6.92 Å². The maximum Gasteiger partial charge on any atom is 0.254 e. The Balaban J connectivity index is 2.23. The third-order valence-electron chi connectivity index (χ3n) is 3.50. The average Bonchev–Trinajstić information content (AvgIpc) is 2.82. The predicted molar refractivity (Wildman–Crippen MR) is 66.3 cm³/mol. The van der Waals surface area contributed by atoms with Crippen molar-refractivity contribution in [3.05, 3.63) is 35.9 Å². The van der Waals surface area contributed by atoms with Crippen LogP contribution in [0.5, 0.6) is 0 Å². The van der Waals surface area contributed by atoms with Crippen molar-refractivity contribution in [3.63, 3.8) is 0 Å². The molecule has 3 heteroatoms. The van der Waals surface area contributed by atoms with Crippen molar-refractivity contribution in [3.8, 4) is 0 Å². The maximum absolute atomic E-state index is 11.7. The first kappa shape index (κ1) is 12.1. The molecule has 2 N–H and O–H groups in total. The molecule has 1 fully saturated rings. The van der Waals surface area contributed by atoms with Crippen molar-refractivity contribution in [1.29, 1.82) is 0 Å². The summed E-state index contributed by atoms with van der Waals surface area (Å²) in [5, 5.41) is 0. The van der Waals surface area contributed by atoms with Crippen molar-refractivity contribution in [1.82, 2.24) is 0 Å². The molecule has 92 valence electrons. The van der Waals surface area contributed by atoms with Crippen molar-refractivity contribution < 1.29 is 9.53 Å². The molecule has 1 aromatic carbocycles. The van der Waals surface area contributed by atoms with Crippen LogP contribution in [0, 0.1) is 0 Å². The Morgan fingerprint density at radius 3 is 2.41 bits per heavy atom. The molecule has 0 spiro atoms. The highest BCUT2D eigenvalue weighted by Crippen LogP contribution is 2.32. The summed E-state index contributed by atoms with van der Waals surface area (Å²) in [5.41, 5.74) is 5.35. The van der Waals surface area contributed by atoms with Crippen molar-refractivity contribution in [2.24, 2.45) is 5.73 Å². The molecular weight excluding hydrogens is 214 g/mol. The number of nitrogens with two attached hydrogens (primary N) is 1. The number of hydrogen-bond acceptors (Lipinski definition) is 2. The Kier molecular flexibility index (Phi) is 3.48. The molecule has 0 aliphatic heterocycles. The summed E-state index contributed by atoms with van der Waals surface area (Å²) in [7, 11) is 0. The van der Waals surface area contributed by atoms with E-state index < -0.39 is 11.5 Å². The molecule has 3 nitrogen and oxygen atoms in total. The van der Waals surface area contributed by atoms with Gasteiger partial charge < -0.3 is 10.5 Å². The van der Waals surface area contributed by atoms with E-state index in [0.717, 1.165) is 18.4 Å². The summed E-state index contributed by atoms with van der Waals surface area (Å²) in [6.45, 7) is 1.77. The Labute approximate surface area is 102 Å². The lowest BCUT2D eigenvalue weighted by Crippen LogP contribution is -2.43. The monoisotopic (exact) mass is 233 g/mol. The minimum atomic E-state index is -1.00. The minimum absolute atomic E-state index is 0.160. The van der Waals surface area contributed by atoms with Gasteiger partial charge in [0.1, 0.15) is 0 Å². The molecule has 0 aromatic heterocycles. The number of primary amides is 1. The normalized spacial score (nSPS) is 20.1. The third-order valence-corrected chi connectivity index (χ3v) is 3.50. The Hall–Kier alpha value is -1.35. The molecule has 1 atom stereocenters. The van der Waals surface area contributed by atoms with Crippen LogP contribution < -0.4 is 5.73 Å². The van der Waals surface area contributed by atoms with Gasteiger partial charge >= 0.3 is 0 Å². The summed E-state index contributed by atoms with van der Waals surface area (Å²) in [6, 6.07) is 9.49. The molecule has 0 bridgehead atoms. The fraction of sp³-hybridized carbons (Fsp3) is 0.500.